The van der Waals surface area contributed by atoms with E-state index in [1.54, 1.807) is 0 Å². The highest BCUT2D eigenvalue weighted by Crippen LogP contribution is 2.30. The summed E-state index contributed by atoms with van der Waals surface area (Å²) in [6.45, 7) is 3.42. The van der Waals surface area contributed by atoms with E-state index in [0.717, 1.165) is 26.1 Å². The van der Waals surface area contributed by atoms with Crippen LogP contribution in [-0.4, -0.2) is 53.1 Å². The molecule has 2 saturated heterocycles. The smallest absolute Gasteiger partial charge is 0.337 e. The lowest BCUT2D eigenvalue weighted by Gasteiger charge is -2.39. The van der Waals surface area contributed by atoms with Crippen molar-refractivity contribution in [3.8, 4) is 0 Å². The monoisotopic (exact) mass is 291 g/mol. The molecule has 1 unspecified atom stereocenters. The summed E-state index contributed by atoms with van der Waals surface area (Å²) in [4.78, 5) is 26.2. The van der Waals surface area contributed by atoms with Crippen molar-refractivity contribution < 1.29 is 14.8 Å². The van der Waals surface area contributed by atoms with Gasteiger partial charge in [0.15, 0.2) is 0 Å². The van der Waals surface area contributed by atoms with Gasteiger partial charge < -0.3 is 10.0 Å². The number of non-ortho nitro benzene ring substituents is 1. The maximum absolute atomic E-state index is 11.4. The molecule has 7 heteroatoms. The summed E-state index contributed by atoms with van der Waals surface area (Å²) in [7, 11) is 0. The topological polar surface area (TPSA) is 86.9 Å². The SMILES string of the molecule is O=C(O)c1ccc([N+](=O)[O-])cc1N1CCN2CCCC2C1. The Kier molecular flexibility index (Phi) is 3.50. The summed E-state index contributed by atoms with van der Waals surface area (Å²) in [5.41, 5.74) is 0.527. The average molecular weight is 291 g/mol. The molecule has 3 rings (SSSR count). The van der Waals surface area contributed by atoms with Crippen LogP contribution in [0.25, 0.3) is 0 Å². The number of aromatic carboxylic acids is 1. The van der Waals surface area contributed by atoms with E-state index in [0.29, 0.717) is 18.3 Å². The molecular formula is C14H17N3O4. The molecule has 112 valence electrons. The predicted molar refractivity (Wildman–Crippen MR) is 76.9 cm³/mol. The number of carboxylic acid groups (broad SMARTS) is 1. The van der Waals surface area contributed by atoms with E-state index in [2.05, 4.69) is 4.90 Å². The molecule has 0 radical (unpaired) electrons. The zero-order valence-electron chi connectivity index (χ0n) is 11.6. The number of nitro benzene ring substituents is 1. The van der Waals surface area contributed by atoms with Crippen LogP contribution >= 0.6 is 0 Å². The number of nitrogens with zero attached hydrogens (tertiary/aromatic N) is 3. The van der Waals surface area contributed by atoms with Gasteiger partial charge >= 0.3 is 5.97 Å². The van der Waals surface area contributed by atoms with E-state index >= 15 is 0 Å². The molecule has 2 aliphatic heterocycles. The Morgan fingerprint density at radius 1 is 1.33 bits per heavy atom. The zero-order chi connectivity index (χ0) is 15.0. The van der Waals surface area contributed by atoms with Gasteiger partial charge in [-0.15, -0.1) is 0 Å². The first-order valence-corrected chi connectivity index (χ1v) is 7.07. The predicted octanol–water partition coefficient (Wildman–Crippen LogP) is 1.58. The number of anilines is 1. The van der Waals surface area contributed by atoms with E-state index in [9.17, 15) is 20.0 Å². The van der Waals surface area contributed by atoms with Crippen molar-refractivity contribution in [1.29, 1.82) is 0 Å². The number of nitro groups is 1. The third-order valence-corrected chi connectivity index (χ3v) is 4.35. The Morgan fingerprint density at radius 2 is 2.14 bits per heavy atom. The van der Waals surface area contributed by atoms with E-state index in [-0.39, 0.29) is 11.3 Å². The zero-order valence-corrected chi connectivity index (χ0v) is 11.6. The Balaban J connectivity index is 1.93. The molecule has 0 amide bonds. The van der Waals surface area contributed by atoms with Crippen LogP contribution in [0.1, 0.15) is 23.2 Å². The van der Waals surface area contributed by atoms with Crippen molar-refractivity contribution in [1.82, 2.24) is 4.90 Å². The van der Waals surface area contributed by atoms with Crippen LogP contribution in [0, 0.1) is 10.1 Å². The molecule has 1 N–H and O–H groups in total. The summed E-state index contributed by atoms with van der Waals surface area (Å²) in [5.74, 6) is -1.05. The number of hydrogen-bond acceptors (Lipinski definition) is 5. The van der Waals surface area contributed by atoms with Crippen LogP contribution in [0.3, 0.4) is 0 Å². The van der Waals surface area contributed by atoms with E-state index in [1.807, 2.05) is 4.90 Å². The van der Waals surface area contributed by atoms with Gasteiger partial charge in [-0.1, -0.05) is 0 Å². The van der Waals surface area contributed by atoms with Crippen LogP contribution in [0.5, 0.6) is 0 Å². The minimum absolute atomic E-state index is 0.0659. The largest absolute Gasteiger partial charge is 0.478 e. The molecule has 1 aromatic carbocycles. The molecule has 0 aliphatic carbocycles. The number of rotatable bonds is 3. The first-order valence-electron chi connectivity index (χ1n) is 7.07. The highest BCUT2D eigenvalue weighted by molar-refractivity contribution is 5.95. The standard InChI is InChI=1S/C14H17N3O4/c18-14(19)12-4-3-10(17(20)21)8-13(12)16-7-6-15-5-1-2-11(15)9-16/h3-4,8,11H,1-2,5-7,9H2,(H,18,19). The molecule has 0 saturated carbocycles. The fourth-order valence-corrected chi connectivity index (χ4v) is 3.29. The van der Waals surface area contributed by atoms with Gasteiger partial charge in [-0.2, -0.15) is 0 Å². The van der Waals surface area contributed by atoms with Gasteiger partial charge in [-0.05, 0) is 25.5 Å². The van der Waals surface area contributed by atoms with Crippen molar-refractivity contribution in [2.24, 2.45) is 0 Å². The minimum atomic E-state index is -1.05. The highest BCUT2D eigenvalue weighted by Gasteiger charge is 2.32. The number of carboxylic acids is 1. The summed E-state index contributed by atoms with van der Waals surface area (Å²) in [6, 6.07) is 4.39. The molecule has 0 spiro atoms. The number of hydrogen-bond donors (Lipinski definition) is 1. The fourth-order valence-electron chi connectivity index (χ4n) is 3.29. The summed E-state index contributed by atoms with van der Waals surface area (Å²) in [5, 5.41) is 20.2. The lowest BCUT2D eigenvalue weighted by atomic mass is 10.1. The van der Waals surface area contributed by atoms with Gasteiger partial charge in [0, 0.05) is 37.8 Å². The molecule has 2 heterocycles. The maximum atomic E-state index is 11.4. The Bertz CT molecular complexity index is 590. The first kappa shape index (κ1) is 13.8. The molecular weight excluding hydrogens is 274 g/mol. The summed E-state index contributed by atoms with van der Waals surface area (Å²) < 4.78 is 0. The molecule has 1 aromatic rings. The quantitative estimate of drug-likeness (QED) is 0.672. The van der Waals surface area contributed by atoms with Gasteiger partial charge in [-0.3, -0.25) is 15.0 Å². The molecule has 0 aromatic heterocycles. The second kappa shape index (κ2) is 5.33. The van der Waals surface area contributed by atoms with Gasteiger partial charge in [0.25, 0.3) is 5.69 Å². The van der Waals surface area contributed by atoms with Gasteiger partial charge in [0.1, 0.15) is 0 Å². The van der Waals surface area contributed by atoms with Crippen LogP contribution in [0.4, 0.5) is 11.4 Å². The molecule has 2 fully saturated rings. The highest BCUT2D eigenvalue weighted by atomic mass is 16.6. The molecule has 0 bridgehead atoms. The lowest BCUT2D eigenvalue weighted by molar-refractivity contribution is -0.384. The van der Waals surface area contributed by atoms with Crippen molar-refractivity contribution in [2.45, 2.75) is 18.9 Å². The van der Waals surface area contributed by atoms with E-state index in [1.165, 1.54) is 24.6 Å². The number of carbonyl (C=O) groups is 1. The van der Waals surface area contributed by atoms with Gasteiger partial charge in [0.2, 0.25) is 0 Å². The van der Waals surface area contributed by atoms with Crippen molar-refractivity contribution in [2.75, 3.05) is 31.1 Å². The molecule has 7 nitrogen and oxygen atoms in total. The fraction of sp³-hybridized carbons (Fsp3) is 0.500. The Morgan fingerprint density at radius 3 is 2.86 bits per heavy atom. The molecule has 2 aliphatic rings. The van der Waals surface area contributed by atoms with Gasteiger partial charge in [-0.25, -0.2) is 4.79 Å². The summed E-state index contributed by atoms with van der Waals surface area (Å²) >= 11 is 0. The number of benzene rings is 1. The second-order valence-electron chi connectivity index (χ2n) is 5.54. The third-order valence-electron chi connectivity index (χ3n) is 4.35. The maximum Gasteiger partial charge on any atom is 0.337 e. The average Bonchev–Trinajstić information content (AvgIpc) is 2.93. The minimum Gasteiger partial charge on any atom is -0.478 e. The van der Waals surface area contributed by atoms with E-state index < -0.39 is 10.9 Å². The van der Waals surface area contributed by atoms with Crippen LogP contribution in [-0.2, 0) is 0 Å². The van der Waals surface area contributed by atoms with Crippen molar-refractivity contribution in [3.63, 3.8) is 0 Å². The third kappa shape index (κ3) is 2.56. The molecule has 1 atom stereocenters. The Labute approximate surface area is 121 Å². The van der Waals surface area contributed by atoms with Gasteiger partial charge in [0.05, 0.1) is 16.2 Å². The van der Waals surface area contributed by atoms with E-state index in [4.69, 9.17) is 0 Å². The number of piperazine rings is 1. The van der Waals surface area contributed by atoms with Crippen LogP contribution < -0.4 is 4.90 Å². The first-order chi connectivity index (χ1) is 10.1. The lowest BCUT2D eigenvalue weighted by Crippen LogP contribution is -2.50. The Hall–Kier alpha value is -2.15. The second-order valence-corrected chi connectivity index (χ2v) is 5.54. The van der Waals surface area contributed by atoms with Crippen molar-refractivity contribution in [3.05, 3.63) is 33.9 Å². The van der Waals surface area contributed by atoms with Crippen LogP contribution in [0.15, 0.2) is 18.2 Å². The number of fused-ring (bicyclic) bond motifs is 1. The summed E-state index contributed by atoms with van der Waals surface area (Å²) in [6.07, 6.45) is 2.27. The molecule has 21 heavy (non-hydrogen) atoms. The van der Waals surface area contributed by atoms with Crippen molar-refractivity contribution >= 4 is 17.3 Å². The van der Waals surface area contributed by atoms with Crippen LogP contribution in [0.2, 0.25) is 0 Å². The normalized spacial score (nSPS) is 22.1.